The third-order valence-corrected chi connectivity index (χ3v) is 5.15. The maximum atomic E-state index is 13.2. The first kappa shape index (κ1) is 18.9. The van der Waals surface area contributed by atoms with Gasteiger partial charge in [-0.05, 0) is 57.5 Å². The van der Waals surface area contributed by atoms with Crippen LogP contribution in [0.5, 0.6) is 0 Å². The minimum Gasteiger partial charge on any atom is -0.322 e. The van der Waals surface area contributed by atoms with Crippen molar-refractivity contribution in [2.24, 2.45) is 0 Å². The summed E-state index contributed by atoms with van der Waals surface area (Å²) in [5, 5.41) is 3.92. The van der Waals surface area contributed by atoms with Crippen LogP contribution in [0.2, 0.25) is 0 Å². The summed E-state index contributed by atoms with van der Waals surface area (Å²) >= 11 is 0. The molecule has 0 bridgehead atoms. The number of rotatable bonds is 3. The van der Waals surface area contributed by atoms with Crippen LogP contribution < -0.4 is 5.32 Å². The Labute approximate surface area is 171 Å². The molecule has 0 aliphatic heterocycles. The Hall–Kier alpha value is -3.46. The summed E-state index contributed by atoms with van der Waals surface area (Å²) in [5.41, 5.74) is 8.62. The molecule has 3 aromatic carbocycles. The zero-order valence-corrected chi connectivity index (χ0v) is 17.2. The number of amides is 1. The number of anilines is 1. The van der Waals surface area contributed by atoms with Crippen molar-refractivity contribution in [1.29, 1.82) is 0 Å². The molecule has 3 heteroatoms. The monoisotopic (exact) mass is 380 g/mol. The lowest BCUT2D eigenvalue weighted by Crippen LogP contribution is -2.13. The second-order valence-electron chi connectivity index (χ2n) is 7.72. The highest BCUT2D eigenvalue weighted by molar-refractivity contribution is 6.13. The molecular weight excluding hydrogens is 356 g/mol. The number of aromatic nitrogens is 1. The summed E-state index contributed by atoms with van der Waals surface area (Å²) in [6.07, 6.45) is 0. The van der Waals surface area contributed by atoms with Crippen molar-refractivity contribution in [3.05, 3.63) is 94.5 Å². The van der Waals surface area contributed by atoms with Crippen molar-refractivity contribution < 1.29 is 4.79 Å². The molecule has 0 radical (unpaired) electrons. The molecule has 29 heavy (non-hydrogen) atoms. The SMILES string of the molecule is Cc1ccc(NC(=O)c2cc(-c3ccc(C)cc3)nc3c(C)cc(C)cc23)cc1. The Morgan fingerprint density at radius 3 is 2.03 bits per heavy atom. The van der Waals surface area contributed by atoms with Crippen molar-refractivity contribution in [3.8, 4) is 11.3 Å². The van der Waals surface area contributed by atoms with E-state index < -0.39 is 0 Å². The highest BCUT2D eigenvalue weighted by atomic mass is 16.1. The van der Waals surface area contributed by atoms with Gasteiger partial charge >= 0.3 is 0 Å². The Morgan fingerprint density at radius 1 is 0.759 bits per heavy atom. The topological polar surface area (TPSA) is 42.0 Å². The molecule has 4 aromatic rings. The summed E-state index contributed by atoms with van der Waals surface area (Å²) in [6.45, 7) is 8.18. The van der Waals surface area contributed by atoms with Gasteiger partial charge < -0.3 is 5.32 Å². The van der Waals surface area contributed by atoms with Crippen LogP contribution in [0.25, 0.3) is 22.2 Å². The highest BCUT2D eigenvalue weighted by Crippen LogP contribution is 2.29. The number of nitrogens with zero attached hydrogens (tertiary/aromatic N) is 1. The third kappa shape index (κ3) is 3.90. The fourth-order valence-corrected chi connectivity index (χ4v) is 3.58. The Morgan fingerprint density at radius 2 is 1.38 bits per heavy atom. The van der Waals surface area contributed by atoms with Crippen LogP contribution in [-0.4, -0.2) is 10.9 Å². The van der Waals surface area contributed by atoms with Crippen LogP contribution in [-0.2, 0) is 0 Å². The summed E-state index contributed by atoms with van der Waals surface area (Å²) < 4.78 is 0. The summed E-state index contributed by atoms with van der Waals surface area (Å²) in [7, 11) is 0. The molecular formula is C26H24N2O. The van der Waals surface area contributed by atoms with E-state index >= 15 is 0 Å². The molecule has 1 amide bonds. The molecule has 0 saturated heterocycles. The van der Waals surface area contributed by atoms with E-state index in [1.165, 1.54) is 5.56 Å². The molecule has 1 heterocycles. The molecule has 0 saturated carbocycles. The van der Waals surface area contributed by atoms with Gasteiger partial charge in [-0.2, -0.15) is 0 Å². The molecule has 4 rings (SSSR count). The number of aryl methyl sites for hydroxylation is 4. The molecule has 0 atom stereocenters. The number of hydrogen-bond donors (Lipinski definition) is 1. The smallest absolute Gasteiger partial charge is 0.256 e. The van der Waals surface area contributed by atoms with Gasteiger partial charge in [-0.15, -0.1) is 0 Å². The fraction of sp³-hybridized carbons (Fsp3) is 0.154. The predicted molar refractivity (Wildman–Crippen MR) is 121 cm³/mol. The van der Waals surface area contributed by atoms with E-state index in [1.54, 1.807) is 0 Å². The van der Waals surface area contributed by atoms with Gasteiger partial charge in [0.1, 0.15) is 0 Å². The van der Waals surface area contributed by atoms with E-state index in [1.807, 2.05) is 57.2 Å². The first-order valence-electron chi connectivity index (χ1n) is 9.78. The van der Waals surface area contributed by atoms with Gasteiger partial charge in [-0.1, -0.05) is 59.2 Å². The number of pyridine rings is 1. The van der Waals surface area contributed by atoms with E-state index in [2.05, 4.69) is 42.6 Å². The van der Waals surface area contributed by atoms with E-state index in [4.69, 9.17) is 4.98 Å². The summed E-state index contributed by atoms with van der Waals surface area (Å²) in [5.74, 6) is -0.125. The quantitative estimate of drug-likeness (QED) is 0.447. The molecule has 1 aromatic heterocycles. The van der Waals surface area contributed by atoms with Crippen molar-refractivity contribution in [2.45, 2.75) is 27.7 Å². The van der Waals surface area contributed by atoms with Crippen LogP contribution in [0.1, 0.15) is 32.6 Å². The number of carbonyl (C=O) groups excluding carboxylic acids is 1. The van der Waals surface area contributed by atoms with Crippen LogP contribution in [0.4, 0.5) is 5.69 Å². The van der Waals surface area contributed by atoms with Crippen molar-refractivity contribution in [2.75, 3.05) is 5.32 Å². The lowest BCUT2D eigenvalue weighted by atomic mass is 9.99. The number of fused-ring (bicyclic) bond motifs is 1. The molecule has 0 fully saturated rings. The molecule has 144 valence electrons. The lowest BCUT2D eigenvalue weighted by molar-refractivity contribution is 0.102. The van der Waals surface area contributed by atoms with Crippen LogP contribution >= 0.6 is 0 Å². The molecule has 3 nitrogen and oxygen atoms in total. The predicted octanol–water partition coefficient (Wildman–Crippen LogP) is 6.39. The Balaban J connectivity index is 1.86. The fourth-order valence-electron chi connectivity index (χ4n) is 3.58. The standard InChI is InChI=1S/C26H24N2O/c1-16-5-9-20(10-6-16)24-15-23(22-14-18(3)13-19(4)25(22)28-24)26(29)27-21-11-7-17(2)8-12-21/h5-15H,1-4H3,(H,27,29). The molecule has 0 aliphatic carbocycles. The van der Waals surface area contributed by atoms with Gasteiger partial charge in [-0.3, -0.25) is 4.79 Å². The van der Waals surface area contributed by atoms with E-state index in [9.17, 15) is 4.79 Å². The van der Waals surface area contributed by atoms with Gasteiger partial charge in [0.25, 0.3) is 5.91 Å². The second-order valence-corrected chi connectivity index (χ2v) is 7.72. The maximum Gasteiger partial charge on any atom is 0.256 e. The van der Waals surface area contributed by atoms with E-state index in [0.29, 0.717) is 5.56 Å². The van der Waals surface area contributed by atoms with E-state index in [0.717, 1.165) is 44.5 Å². The van der Waals surface area contributed by atoms with Gasteiger partial charge in [0.15, 0.2) is 0 Å². The van der Waals surface area contributed by atoms with Crippen LogP contribution in [0.3, 0.4) is 0 Å². The average Bonchev–Trinajstić information content (AvgIpc) is 2.69. The van der Waals surface area contributed by atoms with Crippen molar-refractivity contribution >= 4 is 22.5 Å². The van der Waals surface area contributed by atoms with Gasteiger partial charge in [0, 0.05) is 16.6 Å². The number of carbonyl (C=O) groups is 1. The molecule has 0 spiro atoms. The zero-order valence-electron chi connectivity index (χ0n) is 17.2. The molecule has 0 unspecified atom stereocenters. The maximum absolute atomic E-state index is 13.2. The lowest BCUT2D eigenvalue weighted by Gasteiger charge is -2.13. The first-order valence-corrected chi connectivity index (χ1v) is 9.78. The normalized spacial score (nSPS) is 10.9. The van der Waals surface area contributed by atoms with Gasteiger partial charge in [0.2, 0.25) is 0 Å². The molecule has 1 N–H and O–H groups in total. The van der Waals surface area contributed by atoms with E-state index in [-0.39, 0.29) is 5.91 Å². The number of benzene rings is 3. The minimum absolute atomic E-state index is 0.125. The number of nitrogens with one attached hydrogen (secondary N) is 1. The van der Waals surface area contributed by atoms with Crippen LogP contribution in [0, 0.1) is 27.7 Å². The van der Waals surface area contributed by atoms with Crippen LogP contribution in [0.15, 0.2) is 66.7 Å². The zero-order chi connectivity index (χ0) is 20.5. The number of hydrogen-bond acceptors (Lipinski definition) is 2. The molecule has 0 aliphatic rings. The Kier molecular flexibility index (Phi) is 4.89. The highest BCUT2D eigenvalue weighted by Gasteiger charge is 2.16. The minimum atomic E-state index is -0.125. The Bertz CT molecular complexity index is 1210. The third-order valence-electron chi connectivity index (χ3n) is 5.15. The largest absolute Gasteiger partial charge is 0.322 e. The van der Waals surface area contributed by atoms with Gasteiger partial charge in [-0.25, -0.2) is 4.98 Å². The average molecular weight is 380 g/mol. The van der Waals surface area contributed by atoms with Crippen molar-refractivity contribution in [3.63, 3.8) is 0 Å². The van der Waals surface area contributed by atoms with Gasteiger partial charge in [0.05, 0.1) is 16.8 Å². The summed E-state index contributed by atoms with van der Waals surface area (Å²) in [4.78, 5) is 18.1. The second kappa shape index (κ2) is 7.51. The summed E-state index contributed by atoms with van der Waals surface area (Å²) in [6, 6.07) is 22.1. The first-order chi connectivity index (χ1) is 13.9. The van der Waals surface area contributed by atoms with Crippen molar-refractivity contribution in [1.82, 2.24) is 4.98 Å².